The molecule has 4 rings (SSSR count). The second-order valence-electron chi connectivity index (χ2n) is 7.02. The van der Waals surface area contributed by atoms with Crippen molar-refractivity contribution < 1.29 is 27.5 Å². The van der Waals surface area contributed by atoms with Crippen LogP contribution in [-0.4, -0.2) is 47.7 Å². The Morgan fingerprint density at radius 3 is 2.58 bits per heavy atom. The number of amides is 1. The van der Waals surface area contributed by atoms with Gasteiger partial charge in [0.25, 0.3) is 16.0 Å². The number of amidine groups is 1. The summed E-state index contributed by atoms with van der Waals surface area (Å²) in [5.74, 6) is -0.410. The molecule has 172 valence electrons. The number of rotatable bonds is 7. The van der Waals surface area contributed by atoms with E-state index in [0.29, 0.717) is 10.9 Å². The second kappa shape index (κ2) is 9.45. The maximum Gasteiger partial charge on any atom is 0.296 e. The number of nitrogens with zero attached hydrogens (tertiary/aromatic N) is 3. The molecule has 2 aromatic carbocycles. The first-order valence-electron chi connectivity index (χ1n) is 9.71. The third-order valence-corrected chi connectivity index (χ3v) is 6.84. The zero-order valence-corrected chi connectivity index (χ0v) is 19.3. The van der Waals surface area contributed by atoms with Crippen molar-refractivity contribution in [3.63, 3.8) is 0 Å². The number of anilines is 1. The van der Waals surface area contributed by atoms with Gasteiger partial charge in [0.15, 0.2) is 10.2 Å². The topological polar surface area (TPSA) is 130 Å². The Hall–Kier alpha value is -3.03. The Kier molecular flexibility index (Phi) is 6.63. The standard InChI is InChI=1S/C21H20N4O6S2/c1-13-15(12-31-30-2)18(14-8-4-3-5-9-14)25-20(26)19(32-21(25)22-13)24-23-16-10-6-7-11-17(16)33(27,28)29/h3-11,18,23H,12H2,1-2H3,(H,27,28,29)/b24-19-. The number of allylic oxidation sites excluding steroid dienone is 1. The summed E-state index contributed by atoms with van der Waals surface area (Å²) in [4.78, 5) is 29.0. The lowest BCUT2D eigenvalue weighted by Gasteiger charge is -2.33. The molecule has 1 amide bonds. The van der Waals surface area contributed by atoms with E-state index in [1.807, 2.05) is 37.3 Å². The molecule has 1 saturated heterocycles. The fraction of sp³-hybridized carbons (Fsp3) is 0.190. The van der Waals surface area contributed by atoms with Crippen molar-refractivity contribution >= 4 is 43.7 Å². The number of para-hydroxylation sites is 1. The van der Waals surface area contributed by atoms with Crippen molar-refractivity contribution in [3.05, 3.63) is 71.4 Å². The van der Waals surface area contributed by atoms with Crippen molar-refractivity contribution in [1.29, 1.82) is 0 Å². The van der Waals surface area contributed by atoms with Gasteiger partial charge in [-0.2, -0.15) is 13.5 Å². The molecule has 12 heteroatoms. The Morgan fingerprint density at radius 2 is 1.88 bits per heavy atom. The van der Waals surface area contributed by atoms with E-state index in [2.05, 4.69) is 15.5 Å². The summed E-state index contributed by atoms with van der Waals surface area (Å²) in [6.07, 6.45) is 0. The summed E-state index contributed by atoms with van der Waals surface area (Å²) in [5, 5.41) is 4.63. The number of benzene rings is 2. The van der Waals surface area contributed by atoms with Gasteiger partial charge in [0.1, 0.15) is 11.5 Å². The highest BCUT2D eigenvalue weighted by molar-refractivity contribution is 8.29. The Bertz CT molecular complexity index is 1270. The highest BCUT2D eigenvalue weighted by Gasteiger charge is 2.44. The minimum Gasteiger partial charge on any atom is -0.282 e. The molecule has 0 aliphatic carbocycles. The molecule has 1 fully saturated rings. The average Bonchev–Trinajstić information content (AvgIpc) is 3.10. The normalized spacial score (nSPS) is 19.7. The molecular formula is C21H20N4O6S2. The maximum absolute atomic E-state index is 13.3. The highest BCUT2D eigenvalue weighted by atomic mass is 32.2. The van der Waals surface area contributed by atoms with Gasteiger partial charge in [-0.15, -0.1) is 0 Å². The van der Waals surface area contributed by atoms with Gasteiger partial charge in [-0.3, -0.25) is 19.7 Å². The second-order valence-corrected chi connectivity index (χ2v) is 9.37. The van der Waals surface area contributed by atoms with E-state index in [0.717, 1.165) is 22.9 Å². The molecule has 10 nitrogen and oxygen atoms in total. The lowest BCUT2D eigenvalue weighted by molar-refractivity contribution is -0.266. The molecule has 0 bridgehead atoms. The van der Waals surface area contributed by atoms with Crippen LogP contribution in [0.3, 0.4) is 0 Å². The average molecular weight is 489 g/mol. The van der Waals surface area contributed by atoms with E-state index in [1.54, 1.807) is 6.07 Å². The minimum atomic E-state index is -4.47. The number of hydrazone groups is 1. The van der Waals surface area contributed by atoms with Crippen LogP contribution in [0, 0.1) is 0 Å². The third kappa shape index (κ3) is 4.70. The molecule has 33 heavy (non-hydrogen) atoms. The van der Waals surface area contributed by atoms with Crippen LogP contribution in [0.4, 0.5) is 5.69 Å². The van der Waals surface area contributed by atoms with E-state index in [1.165, 1.54) is 30.2 Å². The van der Waals surface area contributed by atoms with Crippen LogP contribution in [0.2, 0.25) is 0 Å². The summed E-state index contributed by atoms with van der Waals surface area (Å²) in [7, 11) is -3.07. The van der Waals surface area contributed by atoms with Gasteiger partial charge in [0.2, 0.25) is 0 Å². The summed E-state index contributed by atoms with van der Waals surface area (Å²) >= 11 is 1.06. The molecule has 0 aromatic heterocycles. The summed E-state index contributed by atoms with van der Waals surface area (Å²) in [6, 6.07) is 14.7. The molecular weight excluding hydrogens is 468 g/mol. The van der Waals surface area contributed by atoms with E-state index >= 15 is 0 Å². The van der Waals surface area contributed by atoms with Crippen LogP contribution in [0.25, 0.3) is 0 Å². The van der Waals surface area contributed by atoms with E-state index in [9.17, 15) is 17.8 Å². The van der Waals surface area contributed by atoms with Gasteiger partial charge in [-0.1, -0.05) is 42.5 Å². The monoisotopic (exact) mass is 488 g/mol. The molecule has 0 saturated carbocycles. The van der Waals surface area contributed by atoms with Crippen LogP contribution >= 0.6 is 11.8 Å². The zero-order chi connectivity index (χ0) is 23.6. The van der Waals surface area contributed by atoms with Crippen molar-refractivity contribution in [2.24, 2.45) is 10.1 Å². The molecule has 2 aliphatic rings. The Morgan fingerprint density at radius 1 is 1.18 bits per heavy atom. The number of aliphatic imine (C=N–C) groups is 1. The van der Waals surface area contributed by atoms with Crippen molar-refractivity contribution in [2.45, 2.75) is 17.9 Å². The largest absolute Gasteiger partial charge is 0.296 e. The molecule has 1 atom stereocenters. The third-order valence-electron chi connectivity index (χ3n) is 5.00. The molecule has 0 radical (unpaired) electrons. The van der Waals surface area contributed by atoms with Gasteiger partial charge >= 0.3 is 0 Å². The lowest BCUT2D eigenvalue weighted by atomic mass is 9.95. The lowest BCUT2D eigenvalue weighted by Crippen LogP contribution is -2.39. The van der Waals surface area contributed by atoms with Gasteiger partial charge in [-0.25, -0.2) is 14.8 Å². The van der Waals surface area contributed by atoms with Crippen LogP contribution < -0.4 is 5.43 Å². The van der Waals surface area contributed by atoms with Crippen molar-refractivity contribution in [2.75, 3.05) is 19.1 Å². The number of fused-ring (bicyclic) bond motifs is 1. The smallest absolute Gasteiger partial charge is 0.282 e. The number of carbonyl (C=O) groups is 1. The highest BCUT2D eigenvalue weighted by Crippen LogP contribution is 2.41. The summed E-state index contributed by atoms with van der Waals surface area (Å²) in [5.41, 5.74) is 4.93. The first kappa shape index (κ1) is 23.1. The molecule has 1 unspecified atom stereocenters. The van der Waals surface area contributed by atoms with E-state index < -0.39 is 22.1 Å². The molecule has 2 N–H and O–H groups in total. The first-order chi connectivity index (χ1) is 15.8. The Labute approximate surface area is 194 Å². The van der Waals surface area contributed by atoms with Gasteiger partial charge in [-0.05, 0) is 36.4 Å². The number of nitrogens with one attached hydrogen (secondary N) is 1. The predicted molar refractivity (Wildman–Crippen MR) is 124 cm³/mol. The fourth-order valence-electron chi connectivity index (χ4n) is 3.50. The summed E-state index contributed by atoms with van der Waals surface area (Å²) < 4.78 is 32.7. The van der Waals surface area contributed by atoms with Crippen LogP contribution in [0.15, 0.2) is 80.9 Å². The van der Waals surface area contributed by atoms with Gasteiger partial charge < -0.3 is 0 Å². The number of hydrogen-bond acceptors (Lipinski definition) is 9. The number of carbonyl (C=O) groups excluding carboxylic acids is 1. The van der Waals surface area contributed by atoms with E-state index in [4.69, 9.17) is 9.78 Å². The van der Waals surface area contributed by atoms with E-state index in [-0.39, 0.29) is 22.2 Å². The van der Waals surface area contributed by atoms with Gasteiger partial charge in [0.05, 0.1) is 18.8 Å². The van der Waals surface area contributed by atoms with Gasteiger partial charge in [0, 0.05) is 11.3 Å². The molecule has 2 heterocycles. The van der Waals surface area contributed by atoms with Crippen molar-refractivity contribution in [1.82, 2.24) is 4.90 Å². The number of hydrogen-bond donors (Lipinski definition) is 2. The first-order valence-corrected chi connectivity index (χ1v) is 12.0. The predicted octanol–water partition coefficient (Wildman–Crippen LogP) is 3.20. The number of thioether (sulfide) groups is 1. The maximum atomic E-state index is 13.3. The van der Waals surface area contributed by atoms with Crippen LogP contribution in [0.5, 0.6) is 0 Å². The molecule has 2 aromatic rings. The van der Waals surface area contributed by atoms with Crippen LogP contribution in [0.1, 0.15) is 18.5 Å². The molecule has 0 spiro atoms. The zero-order valence-electron chi connectivity index (χ0n) is 17.6. The Balaban J connectivity index is 1.69. The van der Waals surface area contributed by atoms with Crippen molar-refractivity contribution in [3.8, 4) is 0 Å². The quantitative estimate of drug-likeness (QED) is 0.345. The summed E-state index contributed by atoms with van der Waals surface area (Å²) in [6.45, 7) is 1.94. The van der Waals surface area contributed by atoms with Crippen LogP contribution in [-0.2, 0) is 24.7 Å². The fourth-order valence-corrected chi connectivity index (χ4v) is 5.06. The molecule has 2 aliphatic heterocycles. The minimum absolute atomic E-state index is 0.0378. The SMILES string of the molecule is COOCC1=C(C)N=C2S/C(=N\Nc3ccccc3S(=O)(=O)O)C(=O)N2C1c1ccccc1.